The first-order valence-corrected chi connectivity index (χ1v) is 50.2. The fourth-order valence-corrected chi connectivity index (χ4v) is 16.2. The van der Waals surface area contributed by atoms with Crippen molar-refractivity contribution in [1.82, 2.24) is 49.3 Å². The Hall–Kier alpha value is -13.0. The molecule has 148 heavy (non-hydrogen) atoms. The minimum Gasteiger partial charge on any atom is -0.392 e. The van der Waals surface area contributed by atoms with Crippen LogP contribution >= 0.6 is 50.7 Å². The summed E-state index contributed by atoms with van der Waals surface area (Å²) in [4.78, 5) is 37.6. The molecule has 0 saturated heterocycles. The van der Waals surface area contributed by atoms with Gasteiger partial charge in [0.05, 0.1) is 76.9 Å². The zero-order valence-electron chi connectivity index (χ0n) is 89.7. The summed E-state index contributed by atoms with van der Waals surface area (Å²) in [5.74, 6) is -0.0951. The second-order valence-corrected chi connectivity index (χ2v) is 48.1. The molecule has 30 heteroatoms. The van der Waals surface area contributed by atoms with E-state index in [1.54, 1.807) is 36.4 Å². The number of rotatable bonds is 2. The van der Waals surface area contributed by atoms with Gasteiger partial charge in [0.15, 0.2) is 23.3 Å². The molecule has 0 unspecified atom stereocenters. The van der Waals surface area contributed by atoms with E-state index in [9.17, 15) is 31.4 Å². The summed E-state index contributed by atoms with van der Waals surface area (Å²) in [7, 11) is 0. The van der Waals surface area contributed by atoms with Gasteiger partial charge in [-0.05, 0) is 261 Å². The molecule has 0 radical (unpaired) electrons. The van der Waals surface area contributed by atoms with E-state index in [1.807, 2.05) is 156 Å². The first-order valence-electron chi connectivity index (χ1n) is 48.2. The molecule has 0 atom stereocenters. The third-order valence-corrected chi connectivity index (χ3v) is 26.2. The van der Waals surface area contributed by atoms with Crippen molar-refractivity contribution in [3.63, 3.8) is 0 Å². The summed E-state index contributed by atoms with van der Waals surface area (Å²) < 4.78 is 85.5. The first-order chi connectivity index (χ1) is 68.2. The van der Waals surface area contributed by atoms with Crippen LogP contribution in [0.2, 0.25) is 15.1 Å². The van der Waals surface area contributed by atoms with Crippen molar-refractivity contribution >= 4 is 190 Å². The van der Waals surface area contributed by atoms with Gasteiger partial charge in [0.1, 0.15) is 63.8 Å². The van der Waals surface area contributed by atoms with Crippen molar-refractivity contribution in [3.8, 4) is 0 Å². The number of halogens is 10. The van der Waals surface area contributed by atoms with Crippen molar-refractivity contribution in [2.24, 2.45) is 0 Å². The van der Waals surface area contributed by atoms with Crippen LogP contribution in [-0.4, -0.2) is 59.5 Å². The minimum atomic E-state index is -0.462. The smallest absolute Gasteiger partial charge is 0.165 e. The number of aliphatic hydroxyl groups is 2. The normalized spacial score (nSPS) is 12.1. The molecule has 0 bridgehead atoms. The second kappa shape index (κ2) is 45.6. The number of hydrogen-bond donors (Lipinski definition) is 10. The highest BCUT2D eigenvalue weighted by Crippen LogP contribution is 2.40. The zero-order chi connectivity index (χ0) is 111. The molecule has 20 nitrogen and oxygen atoms in total. The fraction of sp³-hybridized carbons (Fsp3) is 0.331. The molecule has 8 aromatic carbocycles. The van der Waals surface area contributed by atoms with E-state index in [1.165, 1.54) is 70.4 Å². The molecule has 0 saturated carbocycles. The Morgan fingerprint density at radius 2 is 0.601 bits per heavy atom. The lowest BCUT2D eigenvalue weighted by Gasteiger charge is -2.20. The molecule has 0 spiro atoms. The predicted molar refractivity (Wildman–Crippen MR) is 612 cm³/mol. The van der Waals surface area contributed by atoms with Gasteiger partial charge in [0, 0.05) is 72.3 Å². The van der Waals surface area contributed by atoms with E-state index in [0.29, 0.717) is 87.5 Å². The Morgan fingerprint density at radius 3 is 1.05 bits per heavy atom. The predicted octanol–water partition coefficient (Wildman–Crippen LogP) is 30.4. The van der Waals surface area contributed by atoms with Gasteiger partial charge in [-0.25, -0.2) is 71.2 Å². The summed E-state index contributed by atoms with van der Waals surface area (Å²) >= 11 is 20.9. The number of fused-ring (bicyclic) bond motifs is 9. The molecule has 0 aliphatic carbocycles. The number of nitrogens with two attached hydrogens (primary N) is 8. The lowest BCUT2D eigenvalue weighted by atomic mass is 9.86. The van der Waals surface area contributed by atoms with Crippen LogP contribution in [0.5, 0.6) is 0 Å². The topological polar surface area (TPSA) is 369 Å². The monoisotopic (exact) mass is 2140 g/mol. The quantitative estimate of drug-likeness (QED) is 0.0719. The van der Waals surface area contributed by atoms with Crippen LogP contribution in [0.4, 0.5) is 72.9 Å². The van der Waals surface area contributed by atoms with E-state index in [2.05, 4.69) is 219 Å². The highest BCUT2D eigenvalue weighted by Gasteiger charge is 2.27. The van der Waals surface area contributed by atoms with Crippen molar-refractivity contribution in [1.29, 1.82) is 0 Å². The van der Waals surface area contributed by atoms with Crippen molar-refractivity contribution in [2.75, 3.05) is 45.9 Å². The molecule has 0 fully saturated rings. The van der Waals surface area contributed by atoms with Gasteiger partial charge in [-0.1, -0.05) is 264 Å². The standard InChI is InChI=1S/2C14H18N2O.C13H14BrFN2.3C13H14ClFN2.2C13H15FN2.C12H16N2/c1-14(2,3)11-4-5-12-9(7-11)6-10(8-17)13(15)16-12;1-14(2,3)11-5-4-9-6-10(8-17)13(15)16-12(9)7-11;1-13(2,3)8-6-11-7(5-10(8)15)4-9(14)12(16)17-11;1-13(2,3)7-4-10(15)8-6-9(14)12(16)17-11(8)5-7;1-13(2,3)8-6-11-7(5-10(8)15)4-9(14)12(16)17-11;1-13(2,3)8-4-5-10-7(11(8)15)6-9(14)12(16)17-10;1-13(2,3)9-4-5-11-8(6-9)7-10(14)12(15)16-11;1-13(2,3)9-5-4-8-6-10(14)12(15)16-11(8)7-9;1-9-8-13-11-7-10(12(2,3)4)5-6-14(9)11/h2*4-7,17H,8H2,1-3H3,(H2,15,16);4*4-6H,1-3H3,(H2,16,17);2*4-7H,1-3H3,(H2,15,16);5-8H,1-4H3. The zero-order valence-corrected chi connectivity index (χ0v) is 93.5. The number of anilines is 8. The summed E-state index contributed by atoms with van der Waals surface area (Å²) in [6.07, 6.45) is 4.00. The molecular formula is C118H138BrCl3F6N18O2. The number of aromatic nitrogens is 10. The summed E-state index contributed by atoms with van der Waals surface area (Å²) in [6, 6.07) is 54.9. The van der Waals surface area contributed by atoms with Gasteiger partial charge < -0.3 is 60.5 Å². The highest BCUT2D eigenvalue weighted by molar-refractivity contribution is 9.10. The average Bonchev–Trinajstić information content (AvgIpc) is 0.866. The Morgan fingerprint density at radius 1 is 0.277 bits per heavy atom. The van der Waals surface area contributed by atoms with Gasteiger partial charge in [-0.3, -0.25) is 0 Å². The number of nitrogens with zero attached hydrogens (tertiary/aromatic N) is 10. The summed E-state index contributed by atoms with van der Waals surface area (Å²) in [6.45, 7) is 58.1. The molecule has 782 valence electrons. The molecule has 10 aromatic heterocycles. The van der Waals surface area contributed by atoms with Crippen molar-refractivity contribution < 1.29 is 36.6 Å². The average molecular weight is 2140 g/mol. The third-order valence-electron chi connectivity index (χ3n) is 24.7. The second-order valence-electron chi connectivity index (χ2n) is 46.0. The van der Waals surface area contributed by atoms with E-state index in [-0.39, 0.29) is 124 Å². The third kappa shape index (κ3) is 29.5. The van der Waals surface area contributed by atoms with E-state index >= 15 is 0 Å². The van der Waals surface area contributed by atoms with Crippen LogP contribution in [0.15, 0.2) is 199 Å². The largest absolute Gasteiger partial charge is 0.392 e. The number of hydrogen-bond acceptors (Lipinski definition) is 19. The molecule has 18 aromatic rings. The maximum absolute atomic E-state index is 14.3. The van der Waals surface area contributed by atoms with Crippen LogP contribution in [0.25, 0.3) is 92.9 Å². The fourth-order valence-electron chi connectivity index (χ4n) is 15.4. The van der Waals surface area contributed by atoms with Gasteiger partial charge in [-0.2, -0.15) is 0 Å². The number of nitrogen functional groups attached to an aromatic ring is 8. The van der Waals surface area contributed by atoms with E-state index in [0.717, 1.165) is 71.3 Å². The lowest BCUT2D eigenvalue weighted by Crippen LogP contribution is -2.13. The Balaban J connectivity index is 0.000000170. The summed E-state index contributed by atoms with van der Waals surface area (Å²) in [5, 5.41) is 25.1. The Labute approximate surface area is 887 Å². The Kier molecular flexibility index (Phi) is 36.0. The molecule has 10 heterocycles. The highest BCUT2D eigenvalue weighted by atomic mass is 79.9. The van der Waals surface area contributed by atoms with Crippen LogP contribution in [-0.2, 0) is 61.9 Å². The van der Waals surface area contributed by atoms with Crippen LogP contribution < -0.4 is 45.9 Å². The molecule has 0 amide bonds. The lowest BCUT2D eigenvalue weighted by molar-refractivity contribution is 0.282. The number of aliphatic hydroxyl groups excluding tert-OH is 2. The number of benzene rings is 8. The van der Waals surface area contributed by atoms with Gasteiger partial charge in [0.2, 0.25) is 0 Å². The maximum atomic E-state index is 14.3. The van der Waals surface area contributed by atoms with Crippen LogP contribution in [0, 0.1) is 41.8 Å². The van der Waals surface area contributed by atoms with E-state index in [4.69, 9.17) is 85.8 Å². The molecule has 0 aliphatic rings. The van der Waals surface area contributed by atoms with Crippen molar-refractivity contribution in [2.45, 2.75) is 256 Å². The number of pyridine rings is 9. The first kappa shape index (κ1) is 117. The molecule has 18 N–H and O–H groups in total. The van der Waals surface area contributed by atoms with Crippen molar-refractivity contribution in [3.05, 3.63) is 316 Å². The molecule has 18 rings (SSSR count). The number of imidazole rings is 1. The SMILES string of the molecule is CC(C)(C)c1cc(F)c2cc(Cl)c(N)nc2c1.CC(C)(C)c1cc2nc(N)c(Br)cc2cc1F.CC(C)(C)c1cc2nc(N)c(Cl)cc2cc1F.CC(C)(C)c1ccc2cc(CO)c(N)nc2c1.CC(C)(C)c1ccc2cc(F)c(N)nc2c1.CC(C)(C)c1ccc2nc(N)c(CO)cc2c1.CC(C)(C)c1ccc2nc(N)c(Cl)cc2c1F.CC(C)(C)c1ccc2nc(N)c(F)cc2c1.Cc1cnc2cc(C(C)(C)C)ccn12. The van der Waals surface area contributed by atoms with Gasteiger partial charge >= 0.3 is 0 Å². The van der Waals surface area contributed by atoms with Gasteiger partial charge in [-0.15, -0.1) is 0 Å². The summed E-state index contributed by atoms with van der Waals surface area (Å²) in [5.41, 5.74) is 62.8. The Bertz CT molecular complexity index is 7730. The van der Waals surface area contributed by atoms with Gasteiger partial charge in [0.25, 0.3) is 0 Å². The van der Waals surface area contributed by atoms with Crippen LogP contribution in [0.3, 0.4) is 0 Å². The molecule has 0 aliphatic heterocycles. The maximum Gasteiger partial charge on any atom is 0.165 e. The number of aryl methyl sites for hydroxylation is 1. The molecular weight excluding hydrogens is 2000 g/mol. The minimum absolute atomic E-state index is 0.0430. The van der Waals surface area contributed by atoms with E-state index < -0.39 is 11.6 Å². The van der Waals surface area contributed by atoms with Crippen LogP contribution in [0.1, 0.15) is 254 Å².